The van der Waals surface area contributed by atoms with E-state index in [1.54, 1.807) is 0 Å². The molecule has 0 atom stereocenters. The highest BCUT2D eigenvalue weighted by Crippen LogP contribution is 2.24. The Labute approximate surface area is 181 Å². The molecule has 3 aromatic rings. The molecule has 0 fully saturated rings. The van der Waals surface area contributed by atoms with Crippen molar-refractivity contribution >= 4 is 28.9 Å². The van der Waals surface area contributed by atoms with Crippen molar-refractivity contribution in [3.63, 3.8) is 0 Å². The number of nitrogens with one attached hydrogen (secondary N) is 1. The molecule has 0 aliphatic rings. The molecule has 0 saturated heterocycles. The van der Waals surface area contributed by atoms with E-state index >= 15 is 0 Å². The fourth-order valence-corrected chi connectivity index (χ4v) is 3.97. The van der Waals surface area contributed by atoms with E-state index in [0.717, 1.165) is 40.2 Å². The number of hydrogen-bond donors (Lipinski definition) is 1. The van der Waals surface area contributed by atoms with Crippen molar-refractivity contribution in [3.8, 4) is 10.6 Å². The first-order valence-corrected chi connectivity index (χ1v) is 11.0. The third-order valence-corrected chi connectivity index (χ3v) is 5.74. The van der Waals surface area contributed by atoms with Crippen LogP contribution in [0.1, 0.15) is 36.2 Å². The van der Waals surface area contributed by atoms with Crippen molar-refractivity contribution in [2.45, 2.75) is 40.0 Å². The zero-order valence-corrected chi connectivity index (χ0v) is 18.3. The average Bonchev–Trinajstić information content (AvgIpc) is 3.21. The average molecular weight is 423 g/mol. The van der Waals surface area contributed by atoms with Crippen LogP contribution in [0, 0.1) is 6.92 Å². The fourth-order valence-electron chi connectivity index (χ4n) is 3.14. The van der Waals surface area contributed by atoms with Gasteiger partial charge in [-0.2, -0.15) is 0 Å². The minimum atomic E-state index is -0.467. The maximum atomic E-state index is 12.3. The summed E-state index contributed by atoms with van der Waals surface area (Å²) in [7, 11) is 0. The Morgan fingerprint density at radius 1 is 1.03 bits per heavy atom. The van der Waals surface area contributed by atoms with Crippen molar-refractivity contribution in [2.24, 2.45) is 0 Å². The van der Waals surface area contributed by atoms with Gasteiger partial charge in [-0.3, -0.25) is 9.59 Å². The minimum absolute atomic E-state index is 0.0431. The molecule has 1 heterocycles. The molecule has 6 heteroatoms. The number of para-hydroxylation sites is 1. The summed E-state index contributed by atoms with van der Waals surface area (Å²) in [6.45, 7) is 5.81. The van der Waals surface area contributed by atoms with Crippen molar-refractivity contribution in [1.82, 2.24) is 4.98 Å². The molecular formula is C24H26N2O3S. The molecule has 1 N–H and O–H groups in total. The van der Waals surface area contributed by atoms with Gasteiger partial charge in [0.1, 0.15) is 5.01 Å². The first-order chi connectivity index (χ1) is 14.5. The maximum Gasteiger partial charge on any atom is 0.312 e. The summed E-state index contributed by atoms with van der Waals surface area (Å²) in [5.74, 6) is -0.803. The normalized spacial score (nSPS) is 10.6. The van der Waals surface area contributed by atoms with Gasteiger partial charge in [0.2, 0.25) is 0 Å². The molecule has 0 unspecified atom stereocenters. The largest absolute Gasteiger partial charge is 0.455 e. The predicted octanol–water partition coefficient (Wildman–Crippen LogP) is 4.97. The van der Waals surface area contributed by atoms with E-state index in [1.165, 1.54) is 16.9 Å². The van der Waals surface area contributed by atoms with Crippen LogP contribution >= 0.6 is 11.3 Å². The van der Waals surface area contributed by atoms with E-state index in [4.69, 9.17) is 4.74 Å². The Morgan fingerprint density at radius 3 is 2.33 bits per heavy atom. The molecule has 0 radical (unpaired) electrons. The maximum absolute atomic E-state index is 12.3. The van der Waals surface area contributed by atoms with E-state index in [2.05, 4.69) is 10.3 Å². The Morgan fingerprint density at radius 2 is 1.70 bits per heavy atom. The number of thiazole rings is 1. The van der Waals surface area contributed by atoms with Gasteiger partial charge in [0.25, 0.3) is 5.91 Å². The molecule has 0 saturated carbocycles. The molecule has 0 aliphatic heterocycles. The zero-order chi connectivity index (χ0) is 21.5. The monoisotopic (exact) mass is 422 g/mol. The topological polar surface area (TPSA) is 68.3 Å². The van der Waals surface area contributed by atoms with Gasteiger partial charge in [-0.05, 0) is 30.9 Å². The SMILES string of the molecule is CCc1cccc(CC)c1NC(=O)COC(=O)Cc1csc(-c2ccc(C)cc2)n1. The zero-order valence-electron chi connectivity index (χ0n) is 17.5. The third-order valence-electron chi connectivity index (χ3n) is 4.80. The first kappa shape index (κ1) is 21.7. The number of nitrogens with zero attached hydrogens (tertiary/aromatic N) is 1. The predicted molar refractivity (Wildman–Crippen MR) is 121 cm³/mol. The Bertz CT molecular complexity index is 1000. The van der Waals surface area contributed by atoms with Crippen LogP contribution in [0.15, 0.2) is 47.8 Å². The number of ether oxygens (including phenoxy) is 1. The lowest BCUT2D eigenvalue weighted by molar-refractivity contribution is -0.146. The van der Waals surface area contributed by atoms with Gasteiger partial charge in [0, 0.05) is 16.6 Å². The van der Waals surface area contributed by atoms with Crippen molar-refractivity contribution in [3.05, 3.63) is 70.2 Å². The highest BCUT2D eigenvalue weighted by atomic mass is 32.1. The number of rotatable bonds is 8. The van der Waals surface area contributed by atoms with Gasteiger partial charge in [0.15, 0.2) is 6.61 Å². The first-order valence-electron chi connectivity index (χ1n) is 10.1. The van der Waals surface area contributed by atoms with Crippen LogP contribution in [0.2, 0.25) is 0 Å². The smallest absolute Gasteiger partial charge is 0.312 e. The molecular weight excluding hydrogens is 396 g/mol. The van der Waals surface area contributed by atoms with Crippen molar-refractivity contribution in [2.75, 3.05) is 11.9 Å². The molecule has 156 valence electrons. The van der Waals surface area contributed by atoms with Gasteiger partial charge in [-0.15, -0.1) is 11.3 Å². The number of carbonyl (C=O) groups excluding carboxylic acids is 2. The van der Waals surface area contributed by atoms with Crippen LogP contribution in [0.3, 0.4) is 0 Å². The Kier molecular flexibility index (Phi) is 7.36. The van der Waals surface area contributed by atoms with Gasteiger partial charge < -0.3 is 10.1 Å². The number of aromatic nitrogens is 1. The summed E-state index contributed by atoms with van der Waals surface area (Å²) in [5, 5.41) is 5.61. The summed E-state index contributed by atoms with van der Waals surface area (Å²) in [6, 6.07) is 14.1. The number of carbonyl (C=O) groups is 2. The summed E-state index contributed by atoms with van der Waals surface area (Å²) in [5.41, 5.74) is 5.81. The van der Waals surface area contributed by atoms with Crippen molar-refractivity contribution < 1.29 is 14.3 Å². The van der Waals surface area contributed by atoms with Gasteiger partial charge in [-0.1, -0.05) is 61.9 Å². The molecule has 0 spiro atoms. The van der Waals surface area contributed by atoms with Crippen LogP contribution in [-0.4, -0.2) is 23.5 Å². The highest BCUT2D eigenvalue weighted by molar-refractivity contribution is 7.13. The van der Waals surface area contributed by atoms with Crippen LogP contribution < -0.4 is 5.32 Å². The number of hydrogen-bond acceptors (Lipinski definition) is 5. The minimum Gasteiger partial charge on any atom is -0.455 e. The van der Waals surface area contributed by atoms with Gasteiger partial charge in [-0.25, -0.2) is 4.98 Å². The summed E-state index contributed by atoms with van der Waals surface area (Å²) in [6.07, 6.45) is 1.67. The highest BCUT2D eigenvalue weighted by Gasteiger charge is 2.14. The molecule has 5 nitrogen and oxygen atoms in total. The van der Waals surface area contributed by atoms with E-state index in [9.17, 15) is 9.59 Å². The van der Waals surface area contributed by atoms with E-state index in [0.29, 0.717) is 5.69 Å². The number of amides is 1. The second-order valence-electron chi connectivity index (χ2n) is 7.05. The number of aryl methyl sites for hydroxylation is 3. The molecule has 1 amide bonds. The lowest BCUT2D eigenvalue weighted by Crippen LogP contribution is -2.23. The molecule has 2 aromatic carbocycles. The molecule has 0 bridgehead atoms. The Balaban J connectivity index is 1.54. The summed E-state index contributed by atoms with van der Waals surface area (Å²) >= 11 is 1.49. The molecule has 0 aliphatic carbocycles. The molecule has 30 heavy (non-hydrogen) atoms. The number of esters is 1. The summed E-state index contributed by atoms with van der Waals surface area (Å²) < 4.78 is 5.17. The van der Waals surface area contributed by atoms with Gasteiger partial charge >= 0.3 is 5.97 Å². The summed E-state index contributed by atoms with van der Waals surface area (Å²) in [4.78, 5) is 29.0. The lowest BCUT2D eigenvalue weighted by atomic mass is 10.0. The quantitative estimate of drug-likeness (QED) is 0.521. The number of benzene rings is 2. The van der Waals surface area contributed by atoms with E-state index in [-0.39, 0.29) is 18.9 Å². The van der Waals surface area contributed by atoms with Crippen LogP contribution in [0.25, 0.3) is 10.6 Å². The Hall–Kier alpha value is -2.99. The van der Waals surface area contributed by atoms with Crippen LogP contribution in [0.5, 0.6) is 0 Å². The van der Waals surface area contributed by atoms with Gasteiger partial charge in [0.05, 0.1) is 12.1 Å². The fraction of sp³-hybridized carbons (Fsp3) is 0.292. The molecule has 3 rings (SSSR count). The van der Waals surface area contributed by atoms with Crippen molar-refractivity contribution in [1.29, 1.82) is 0 Å². The van der Waals surface area contributed by atoms with Crippen LogP contribution in [0.4, 0.5) is 5.69 Å². The second-order valence-corrected chi connectivity index (χ2v) is 7.91. The number of anilines is 1. The van der Waals surface area contributed by atoms with E-state index in [1.807, 2.05) is 68.6 Å². The second kappa shape index (κ2) is 10.2. The molecule has 1 aromatic heterocycles. The van der Waals surface area contributed by atoms with Crippen LogP contribution in [-0.2, 0) is 33.6 Å². The lowest BCUT2D eigenvalue weighted by Gasteiger charge is -2.14. The standard InChI is InChI=1S/C24H26N2O3S/c1-4-17-7-6-8-18(5-2)23(17)26-21(27)14-29-22(28)13-20-15-30-24(25-20)19-11-9-16(3)10-12-19/h6-12,15H,4-5,13-14H2,1-3H3,(H,26,27). The third kappa shape index (κ3) is 5.54. The van der Waals surface area contributed by atoms with E-state index < -0.39 is 5.97 Å².